The maximum atomic E-state index is 13.0. The van der Waals surface area contributed by atoms with Crippen molar-refractivity contribution in [2.75, 3.05) is 24.6 Å². The number of aromatic nitrogens is 3. The highest BCUT2D eigenvalue weighted by Crippen LogP contribution is 2.26. The van der Waals surface area contributed by atoms with E-state index in [-0.39, 0.29) is 18.1 Å². The molecule has 0 spiro atoms. The summed E-state index contributed by atoms with van der Waals surface area (Å²) in [6, 6.07) is 9.25. The van der Waals surface area contributed by atoms with Crippen LogP contribution in [-0.4, -0.2) is 38.8 Å². The van der Waals surface area contributed by atoms with Gasteiger partial charge in [0.25, 0.3) is 5.56 Å². The Morgan fingerprint density at radius 2 is 2.03 bits per heavy atom. The van der Waals surface area contributed by atoms with Crippen molar-refractivity contribution in [1.82, 2.24) is 14.0 Å². The van der Waals surface area contributed by atoms with Crippen LogP contribution in [0.1, 0.15) is 39.0 Å². The third-order valence-electron chi connectivity index (χ3n) is 5.92. The molecule has 1 saturated heterocycles. The number of aliphatic hydroxyl groups is 1. The molecule has 0 radical (unpaired) electrons. The minimum Gasteiger partial charge on any atom is -0.396 e. The van der Waals surface area contributed by atoms with Crippen LogP contribution in [0.4, 0.5) is 5.82 Å². The van der Waals surface area contributed by atoms with Gasteiger partial charge in [0.1, 0.15) is 5.82 Å². The third kappa shape index (κ3) is 4.25. The molecule has 2 aromatic heterocycles. The molecule has 1 aliphatic rings. The topological polar surface area (TPSA) is 62.8 Å². The lowest BCUT2D eigenvalue weighted by molar-refractivity contribution is 0.208. The normalized spacial score (nSPS) is 17.0. The smallest absolute Gasteiger partial charge is 0.261 e. The Kier molecular flexibility index (Phi) is 6.44. The van der Waals surface area contributed by atoms with Gasteiger partial charge in [-0.1, -0.05) is 43.5 Å². The van der Waals surface area contributed by atoms with E-state index in [9.17, 15) is 9.90 Å². The second-order valence-electron chi connectivity index (χ2n) is 8.14. The van der Waals surface area contributed by atoms with E-state index in [2.05, 4.69) is 16.4 Å². The Labute approximate surface area is 181 Å². The van der Waals surface area contributed by atoms with Gasteiger partial charge in [-0.2, -0.15) is 0 Å². The third-order valence-corrected chi connectivity index (χ3v) is 6.17. The molecule has 30 heavy (non-hydrogen) atoms. The fourth-order valence-corrected chi connectivity index (χ4v) is 4.39. The molecule has 1 atom stereocenters. The van der Waals surface area contributed by atoms with Crippen LogP contribution in [0.15, 0.2) is 41.3 Å². The van der Waals surface area contributed by atoms with Crippen molar-refractivity contribution in [2.24, 2.45) is 5.92 Å². The van der Waals surface area contributed by atoms with Crippen LogP contribution >= 0.6 is 11.6 Å². The Bertz CT molecular complexity index is 1060. The molecule has 1 unspecified atom stereocenters. The molecule has 160 valence electrons. The maximum absolute atomic E-state index is 13.0. The van der Waals surface area contributed by atoms with E-state index in [1.165, 1.54) is 0 Å². The SMILES string of the molecule is CCCCCn1c(N2CCCC(CO)C2)cc(=O)n2cc(-c3ccc(Cl)cc3)nc12. The van der Waals surface area contributed by atoms with Gasteiger partial charge in [-0.15, -0.1) is 0 Å². The molecule has 3 heterocycles. The number of rotatable bonds is 7. The molecule has 1 N–H and O–H groups in total. The molecular weight excluding hydrogens is 400 g/mol. The summed E-state index contributed by atoms with van der Waals surface area (Å²) in [5.74, 6) is 1.83. The lowest BCUT2D eigenvalue weighted by atomic mass is 9.99. The number of unbranched alkanes of at least 4 members (excludes halogenated alkanes) is 2. The number of hydrogen-bond donors (Lipinski definition) is 1. The minimum atomic E-state index is -0.0782. The van der Waals surface area contributed by atoms with Gasteiger partial charge in [0.2, 0.25) is 5.78 Å². The molecule has 4 rings (SSSR count). The molecule has 1 aliphatic heterocycles. The molecule has 7 heteroatoms. The molecule has 1 aromatic carbocycles. The zero-order valence-corrected chi connectivity index (χ0v) is 18.2. The van der Waals surface area contributed by atoms with E-state index in [4.69, 9.17) is 16.6 Å². The average molecular weight is 429 g/mol. The number of piperidine rings is 1. The number of aryl methyl sites for hydroxylation is 1. The van der Waals surface area contributed by atoms with Crippen molar-refractivity contribution in [3.63, 3.8) is 0 Å². The predicted molar refractivity (Wildman–Crippen MR) is 121 cm³/mol. The van der Waals surface area contributed by atoms with Gasteiger partial charge in [0.05, 0.1) is 5.69 Å². The Balaban J connectivity index is 1.81. The first-order chi connectivity index (χ1) is 14.6. The summed E-state index contributed by atoms with van der Waals surface area (Å²) in [6.07, 6.45) is 7.15. The Morgan fingerprint density at radius 3 is 2.77 bits per heavy atom. The van der Waals surface area contributed by atoms with Crippen LogP contribution in [0.5, 0.6) is 0 Å². The van der Waals surface area contributed by atoms with Crippen molar-refractivity contribution >= 4 is 23.2 Å². The van der Waals surface area contributed by atoms with E-state index >= 15 is 0 Å². The minimum absolute atomic E-state index is 0.0782. The van der Waals surface area contributed by atoms with E-state index in [0.29, 0.717) is 10.8 Å². The molecule has 3 aromatic rings. The van der Waals surface area contributed by atoms with Gasteiger partial charge in [-0.05, 0) is 37.3 Å². The van der Waals surface area contributed by atoms with Gasteiger partial charge < -0.3 is 10.0 Å². The summed E-state index contributed by atoms with van der Waals surface area (Å²) in [5.41, 5.74) is 1.62. The molecule has 0 saturated carbocycles. The molecule has 6 nitrogen and oxygen atoms in total. The molecule has 0 amide bonds. The van der Waals surface area contributed by atoms with Crippen molar-refractivity contribution in [3.8, 4) is 11.3 Å². The Hall–Kier alpha value is -2.31. The van der Waals surface area contributed by atoms with Gasteiger partial charge in [0.15, 0.2) is 0 Å². The van der Waals surface area contributed by atoms with E-state index in [1.807, 2.05) is 30.5 Å². The number of anilines is 1. The fourth-order valence-electron chi connectivity index (χ4n) is 4.26. The number of hydrogen-bond acceptors (Lipinski definition) is 4. The summed E-state index contributed by atoms with van der Waals surface area (Å²) in [6.45, 7) is 4.84. The zero-order valence-electron chi connectivity index (χ0n) is 17.4. The Morgan fingerprint density at radius 1 is 1.23 bits per heavy atom. The molecule has 0 bridgehead atoms. The fraction of sp³-hybridized carbons (Fsp3) is 0.478. The van der Waals surface area contributed by atoms with Crippen molar-refractivity contribution < 1.29 is 5.11 Å². The zero-order chi connectivity index (χ0) is 21.1. The van der Waals surface area contributed by atoms with Crippen LogP contribution in [0.25, 0.3) is 17.0 Å². The average Bonchev–Trinajstić information content (AvgIpc) is 3.22. The highest BCUT2D eigenvalue weighted by Gasteiger charge is 2.23. The first kappa shape index (κ1) is 20.9. The summed E-state index contributed by atoms with van der Waals surface area (Å²) in [7, 11) is 0. The number of imidazole rings is 1. The van der Waals surface area contributed by atoms with Crippen molar-refractivity contribution in [2.45, 2.75) is 45.6 Å². The highest BCUT2D eigenvalue weighted by atomic mass is 35.5. The van der Waals surface area contributed by atoms with Gasteiger partial charge in [-0.25, -0.2) is 4.98 Å². The number of benzene rings is 1. The second-order valence-corrected chi connectivity index (χ2v) is 8.58. The van der Waals surface area contributed by atoms with Crippen LogP contribution in [-0.2, 0) is 6.54 Å². The molecular formula is C23H29ClN4O2. The first-order valence-corrected chi connectivity index (χ1v) is 11.2. The lowest BCUT2D eigenvalue weighted by Gasteiger charge is -2.35. The standard InChI is InChI=1S/C23H29ClN4O2/c1-2-3-4-12-27-21(26-11-5-6-17(14-26)16-29)13-22(30)28-15-20(25-23(27)28)18-7-9-19(24)10-8-18/h7-10,13,15,17,29H,2-6,11-12,14,16H2,1H3. The van der Waals surface area contributed by atoms with Crippen molar-refractivity contribution in [3.05, 3.63) is 51.9 Å². The molecule has 1 fully saturated rings. The number of aliphatic hydroxyl groups excluding tert-OH is 1. The van der Waals surface area contributed by atoms with E-state index < -0.39 is 0 Å². The van der Waals surface area contributed by atoms with Gasteiger partial charge in [-0.3, -0.25) is 13.8 Å². The maximum Gasteiger partial charge on any atom is 0.261 e. The first-order valence-electron chi connectivity index (χ1n) is 10.9. The van der Waals surface area contributed by atoms with Crippen LogP contribution in [0.3, 0.4) is 0 Å². The molecule has 0 aliphatic carbocycles. The van der Waals surface area contributed by atoms with E-state index in [0.717, 1.165) is 68.8 Å². The number of fused-ring (bicyclic) bond motifs is 1. The summed E-state index contributed by atoms with van der Waals surface area (Å²) >= 11 is 6.03. The lowest BCUT2D eigenvalue weighted by Crippen LogP contribution is -2.39. The summed E-state index contributed by atoms with van der Waals surface area (Å²) < 4.78 is 3.82. The van der Waals surface area contributed by atoms with Crippen LogP contribution in [0, 0.1) is 5.92 Å². The number of nitrogens with zero attached hydrogens (tertiary/aromatic N) is 4. The van der Waals surface area contributed by atoms with E-state index in [1.54, 1.807) is 10.5 Å². The van der Waals surface area contributed by atoms with Crippen LogP contribution < -0.4 is 10.5 Å². The van der Waals surface area contributed by atoms with Crippen LogP contribution in [0.2, 0.25) is 5.02 Å². The summed E-state index contributed by atoms with van der Waals surface area (Å²) in [4.78, 5) is 20.1. The number of halogens is 1. The van der Waals surface area contributed by atoms with Gasteiger partial charge >= 0.3 is 0 Å². The monoisotopic (exact) mass is 428 g/mol. The van der Waals surface area contributed by atoms with Gasteiger partial charge in [0, 0.05) is 49.1 Å². The summed E-state index contributed by atoms with van der Waals surface area (Å²) in [5, 5.41) is 10.3. The largest absolute Gasteiger partial charge is 0.396 e. The predicted octanol–water partition coefficient (Wildman–Crippen LogP) is 4.22. The highest BCUT2D eigenvalue weighted by molar-refractivity contribution is 6.30. The quantitative estimate of drug-likeness (QED) is 0.572. The van der Waals surface area contributed by atoms with Crippen molar-refractivity contribution in [1.29, 1.82) is 0 Å². The second kappa shape index (κ2) is 9.23.